The highest BCUT2D eigenvalue weighted by atomic mass is 15.1. The number of benzene rings is 1. The predicted octanol–water partition coefficient (Wildman–Crippen LogP) is 5.12. The van der Waals surface area contributed by atoms with Gasteiger partial charge in [0.25, 0.3) is 0 Å². The van der Waals surface area contributed by atoms with Crippen LogP contribution in [0, 0.1) is 0 Å². The van der Waals surface area contributed by atoms with Crippen molar-refractivity contribution in [1.29, 1.82) is 0 Å². The first kappa shape index (κ1) is 18.4. The van der Waals surface area contributed by atoms with Gasteiger partial charge in [-0.05, 0) is 48.2 Å². The molecule has 0 aliphatic carbocycles. The molecule has 0 bridgehead atoms. The molecule has 1 heterocycles. The molecule has 3 nitrogen and oxygen atoms in total. The van der Waals surface area contributed by atoms with Gasteiger partial charge in [0.15, 0.2) is 0 Å². The van der Waals surface area contributed by atoms with Gasteiger partial charge in [-0.25, -0.2) is 0 Å². The summed E-state index contributed by atoms with van der Waals surface area (Å²) in [6.07, 6.45) is 2.16. The van der Waals surface area contributed by atoms with E-state index in [1.165, 1.54) is 28.2 Å². The Hall–Kier alpha value is -1.90. The third kappa shape index (κ3) is 3.95. The van der Waals surface area contributed by atoms with Crippen molar-refractivity contribution < 1.29 is 0 Å². The first-order valence-electron chi connectivity index (χ1n) is 9.02. The maximum atomic E-state index is 3.72. The van der Waals surface area contributed by atoms with E-state index >= 15 is 0 Å². The molecule has 132 valence electrons. The maximum absolute atomic E-state index is 3.72. The average molecular weight is 328 g/mol. The van der Waals surface area contributed by atoms with Crippen LogP contribution in [-0.4, -0.2) is 19.1 Å². The lowest BCUT2D eigenvalue weighted by Gasteiger charge is -2.19. The molecule has 0 aliphatic heterocycles. The minimum absolute atomic E-state index is 0.154. The zero-order valence-electron chi connectivity index (χ0n) is 16.4. The Bertz CT molecular complexity index is 658. The lowest BCUT2D eigenvalue weighted by Crippen LogP contribution is -2.14. The molecule has 0 unspecified atom stereocenters. The lowest BCUT2D eigenvalue weighted by atomic mass is 9.87. The molecule has 3 heteroatoms. The number of nitrogens with one attached hydrogen (secondary N) is 2. The van der Waals surface area contributed by atoms with Crippen molar-refractivity contribution in [3.8, 4) is 0 Å². The molecule has 0 saturated heterocycles. The highest BCUT2D eigenvalue weighted by Gasteiger charge is 2.23. The van der Waals surface area contributed by atoms with Crippen LogP contribution in [0.15, 0.2) is 24.3 Å². The Labute approximate surface area is 147 Å². The van der Waals surface area contributed by atoms with Crippen molar-refractivity contribution in [3.05, 3.63) is 46.8 Å². The third-order valence-corrected chi connectivity index (χ3v) is 4.62. The zero-order valence-corrected chi connectivity index (χ0v) is 16.4. The molecule has 1 aromatic heterocycles. The number of hydrogen-bond donors (Lipinski definition) is 2. The van der Waals surface area contributed by atoms with E-state index in [1.807, 2.05) is 0 Å². The van der Waals surface area contributed by atoms with Gasteiger partial charge in [-0.15, -0.1) is 0 Å². The summed E-state index contributed by atoms with van der Waals surface area (Å²) >= 11 is 0. The summed E-state index contributed by atoms with van der Waals surface area (Å²) in [6, 6.07) is 8.59. The van der Waals surface area contributed by atoms with Crippen LogP contribution >= 0.6 is 0 Å². The Kier molecular flexibility index (Phi) is 5.63. The fourth-order valence-corrected chi connectivity index (χ4v) is 3.31. The SMILES string of the molecule is CCc1c(CNc2ccc(N(C)C)cc2)[nH]c(C(C)(C)C)c1CC. The fraction of sp³-hybridized carbons (Fsp3) is 0.524. The van der Waals surface area contributed by atoms with E-state index in [4.69, 9.17) is 0 Å². The minimum atomic E-state index is 0.154. The smallest absolute Gasteiger partial charge is 0.0554 e. The molecule has 24 heavy (non-hydrogen) atoms. The molecular weight excluding hydrogens is 294 g/mol. The quantitative estimate of drug-likeness (QED) is 0.772. The Balaban J connectivity index is 2.21. The van der Waals surface area contributed by atoms with E-state index in [1.54, 1.807) is 0 Å². The Morgan fingerprint density at radius 2 is 1.54 bits per heavy atom. The second kappa shape index (κ2) is 7.33. The van der Waals surface area contributed by atoms with Crippen molar-refractivity contribution in [2.75, 3.05) is 24.3 Å². The summed E-state index contributed by atoms with van der Waals surface area (Å²) in [5.74, 6) is 0. The molecule has 0 radical (unpaired) electrons. The standard InChI is InChI=1S/C21H33N3/c1-8-17-18(9-2)20(21(3,4)5)23-19(17)14-22-15-10-12-16(13-11-15)24(6)7/h10-13,22-23H,8-9,14H2,1-7H3. The van der Waals surface area contributed by atoms with Gasteiger partial charge in [0, 0.05) is 42.3 Å². The normalized spacial score (nSPS) is 11.6. The van der Waals surface area contributed by atoms with Gasteiger partial charge >= 0.3 is 0 Å². The number of aromatic nitrogens is 1. The number of H-pyrrole nitrogens is 1. The highest BCUT2D eigenvalue weighted by Crippen LogP contribution is 2.31. The van der Waals surface area contributed by atoms with Crippen molar-refractivity contribution in [3.63, 3.8) is 0 Å². The number of rotatable bonds is 6. The molecular formula is C21H33N3. The van der Waals surface area contributed by atoms with Gasteiger partial charge in [0.2, 0.25) is 0 Å². The predicted molar refractivity (Wildman–Crippen MR) is 106 cm³/mol. The number of hydrogen-bond acceptors (Lipinski definition) is 2. The highest BCUT2D eigenvalue weighted by molar-refractivity contribution is 5.54. The van der Waals surface area contributed by atoms with E-state index in [9.17, 15) is 0 Å². The lowest BCUT2D eigenvalue weighted by molar-refractivity contribution is 0.564. The molecule has 2 N–H and O–H groups in total. The summed E-state index contributed by atoms with van der Waals surface area (Å²) in [7, 11) is 4.13. The largest absolute Gasteiger partial charge is 0.379 e. The van der Waals surface area contributed by atoms with Gasteiger partial charge in [-0.2, -0.15) is 0 Å². The topological polar surface area (TPSA) is 31.1 Å². The van der Waals surface area contributed by atoms with Gasteiger partial charge in [0.05, 0.1) is 6.54 Å². The van der Waals surface area contributed by atoms with Crippen LogP contribution in [0.5, 0.6) is 0 Å². The van der Waals surface area contributed by atoms with Crippen molar-refractivity contribution >= 4 is 11.4 Å². The van der Waals surface area contributed by atoms with Gasteiger partial charge in [-0.1, -0.05) is 34.6 Å². The summed E-state index contributed by atoms with van der Waals surface area (Å²) in [5, 5.41) is 3.57. The first-order valence-corrected chi connectivity index (χ1v) is 9.02. The Morgan fingerprint density at radius 1 is 0.958 bits per heavy atom. The zero-order chi connectivity index (χ0) is 17.9. The monoisotopic (exact) mass is 327 g/mol. The first-order chi connectivity index (χ1) is 11.3. The molecule has 2 rings (SSSR count). The van der Waals surface area contributed by atoms with Crippen LogP contribution in [0.2, 0.25) is 0 Å². The molecule has 1 aromatic carbocycles. The maximum Gasteiger partial charge on any atom is 0.0554 e. The number of nitrogens with zero attached hydrogens (tertiary/aromatic N) is 1. The molecule has 0 spiro atoms. The van der Waals surface area contributed by atoms with Crippen molar-refractivity contribution in [2.24, 2.45) is 0 Å². The van der Waals surface area contributed by atoms with Gasteiger partial charge in [-0.3, -0.25) is 0 Å². The molecule has 2 aromatic rings. The summed E-state index contributed by atoms with van der Waals surface area (Å²) in [5.41, 5.74) is 8.24. The van der Waals surface area contributed by atoms with E-state index in [-0.39, 0.29) is 5.41 Å². The summed E-state index contributed by atoms with van der Waals surface area (Å²) < 4.78 is 0. The van der Waals surface area contributed by atoms with Crippen LogP contribution in [0.4, 0.5) is 11.4 Å². The molecule has 0 amide bonds. The van der Waals surface area contributed by atoms with E-state index < -0.39 is 0 Å². The van der Waals surface area contributed by atoms with Crippen LogP contribution in [0.25, 0.3) is 0 Å². The second-order valence-electron chi connectivity index (χ2n) is 7.69. The third-order valence-electron chi connectivity index (χ3n) is 4.62. The van der Waals surface area contributed by atoms with Crippen LogP contribution in [0.3, 0.4) is 0 Å². The van der Waals surface area contributed by atoms with Crippen molar-refractivity contribution in [1.82, 2.24) is 4.98 Å². The van der Waals surface area contributed by atoms with Crippen LogP contribution in [-0.2, 0) is 24.8 Å². The molecule has 0 saturated carbocycles. The van der Waals surface area contributed by atoms with Crippen molar-refractivity contribution in [2.45, 2.75) is 59.4 Å². The van der Waals surface area contributed by atoms with E-state index in [0.29, 0.717) is 0 Å². The van der Waals surface area contributed by atoms with E-state index in [0.717, 1.165) is 25.1 Å². The molecule has 0 fully saturated rings. The average Bonchev–Trinajstić information content (AvgIpc) is 2.91. The van der Waals surface area contributed by atoms with Gasteiger partial charge in [0.1, 0.15) is 0 Å². The van der Waals surface area contributed by atoms with E-state index in [2.05, 4.69) is 88.2 Å². The summed E-state index contributed by atoms with van der Waals surface area (Å²) in [4.78, 5) is 5.84. The minimum Gasteiger partial charge on any atom is -0.379 e. The van der Waals surface area contributed by atoms with Crippen LogP contribution in [0.1, 0.15) is 57.1 Å². The molecule has 0 atom stereocenters. The second-order valence-corrected chi connectivity index (χ2v) is 7.69. The summed E-state index contributed by atoms with van der Waals surface area (Å²) in [6.45, 7) is 12.2. The molecule has 0 aliphatic rings. The van der Waals surface area contributed by atoms with Crippen LogP contribution < -0.4 is 10.2 Å². The van der Waals surface area contributed by atoms with Gasteiger partial charge < -0.3 is 15.2 Å². The fourth-order valence-electron chi connectivity index (χ4n) is 3.31. The number of aromatic amines is 1. The number of anilines is 2. The Morgan fingerprint density at radius 3 is 2.00 bits per heavy atom.